The second-order valence-corrected chi connectivity index (χ2v) is 3.98. The molecule has 1 aromatic rings. The van der Waals surface area contributed by atoms with E-state index < -0.39 is 16.2 Å². The topological polar surface area (TPSA) is 97.7 Å². The molecule has 0 aliphatic carbocycles. The molecule has 0 radical (unpaired) electrons. The number of carbonyl (C=O) groups excluding carboxylic acids is 1. The number of benzene rings is 1. The maximum atomic E-state index is 11.0. The Morgan fingerprint density at radius 1 is 1.31 bits per heavy atom. The summed E-state index contributed by atoms with van der Waals surface area (Å²) < 4.78 is 32.4. The summed E-state index contributed by atoms with van der Waals surface area (Å²) in [5.41, 5.74) is -0.102. The van der Waals surface area contributed by atoms with Crippen LogP contribution in [0.2, 0.25) is 0 Å². The molecule has 0 saturated heterocycles. The van der Waals surface area contributed by atoms with Gasteiger partial charge in [-0.3, -0.25) is 4.79 Å². The number of amides is 1. The summed E-state index contributed by atoms with van der Waals surface area (Å²) in [6.07, 6.45) is 0. The minimum Gasteiger partial charge on any atom is -0.730 e. The Morgan fingerprint density at radius 3 is 2.06 bits per heavy atom. The minimum absolute atomic E-state index is 0. The van der Waals surface area contributed by atoms with E-state index in [1.54, 1.807) is 0 Å². The third kappa shape index (κ3) is 3.76. The van der Waals surface area contributed by atoms with Gasteiger partial charge in [0.15, 0.2) is 10.3 Å². The zero-order valence-corrected chi connectivity index (χ0v) is 11.6. The molecule has 0 aliphatic rings. The molecule has 1 rings (SSSR count). The van der Waals surface area contributed by atoms with E-state index in [1.165, 1.54) is 12.1 Å². The third-order valence-electron chi connectivity index (χ3n) is 1.59. The first kappa shape index (κ1) is 15.4. The molecule has 0 aromatic heterocycles. The van der Waals surface area contributed by atoms with Crippen LogP contribution >= 0.6 is 0 Å². The van der Waals surface area contributed by atoms with Crippen LogP contribution in [0.3, 0.4) is 0 Å². The predicted molar refractivity (Wildman–Crippen MR) is 51.0 cm³/mol. The van der Waals surface area contributed by atoms with Crippen LogP contribution in [0.1, 0.15) is 6.92 Å². The van der Waals surface area contributed by atoms with Gasteiger partial charge in [0.2, 0.25) is 5.91 Å². The van der Waals surface area contributed by atoms with Gasteiger partial charge in [0.1, 0.15) is 5.75 Å². The fourth-order valence-electron chi connectivity index (χ4n) is 1.06. The van der Waals surface area contributed by atoms with Crippen molar-refractivity contribution in [3.8, 4) is 5.75 Å². The molecule has 1 amide bonds. The Bertz CT molecular complexity index is 470. The van der Waals surface area contributed by atoms with Crippen LogP contribution in [0.15, 0.2) is 24.3 Å². The van der Waals surface area contributed by atoms with Crippen molar-refractivity contribution in [3.05, 3.63) is 24.3 Å². The Labute approximate surface area is 115 Å². The van der Waals surface area contributed by atoms with Crippen molar-refractivity contribution in [2.45, 2.75) is 6.92 Å². The van der Waals surface area contributed by atoms with Gasteiger partial charge in [-0.2, -0.15) is 0 Å². The van der Waals surface area contributed by atoms with E-state index in [9.17, 15) is 17.8 Å². The number of phenols is 1. The zero-order valence-electron chi connectivity index (χ0n) is 8.75. The van der Waals surface area contributed by atoms with Crippen molar-refractivity contribution in [2.75, 3.05) is 4.31 Å². The van der Waals surface area contributed by atoms with Gasteiger partial charge in [-0.15, -0.1) is 0 Å². The first-order valence-electron chi connectivity index (χ1n) is 3.88. The van der Waals surface area contributed by atoms with E-state index in [4.69, 9.17) is 5.11 Å². The summed E-state index contributed by atoms with van der Waals surface area (Å²) in [6, 6.07) is 4.67. The molecular formula is C8H8NNaO5S. The van der Waals surface area contributed by atoms with Crippen LogP contribution in [0.5, 0.6) is 5.75 Å². The van der Waals surface area contributed by atoms with Gasteiger partial charge in [0, 0.05) is 6.92 Å². The number of anilines is 1. The Kier molecular flexibility index (Phi) is 5.43. The summed E-state index contributed by atoms with van der Waals surface area (Å²) in [7, 11) is -4.88. The molecular weight excluding hydrogens is 245 g/mol. The molecule has 0 spiro atoms. The smallest absolute Gasteiger partial charge is 0.730 e. The maximum absolute atomic E-state index is 11.0. The fraction of sp³-hybridized carbons (Fsp3) is 0.125. The van der Waals surface area contributed by atoms with Crippen LogP contribution < -0.4 is 33.9 Å². The van der Waals surface area contributed by atoms with Crippen molar-refractivity contribution < 1.29 is 52.4 Å². The van der Waals surface area contributed by atoms with Gasteiger partial charge in [-0.05, 0) is 24.3 Å². The molecule has 0 saturated carbocycles. The second-order valence-electron chi connectivity index (χ2n) is 2.76. The van der Waals surface area contributed by atoms with Crippen LogP contribution in [0, 0.1) is 0 Å². The molecule has 0 heterocycles. The monoisotopic (exact) mass is 253 g/mol. The quantitative estimate of drug-likeness (QED) is 0.454. The van der Waals surface area contributed by atoms with Crippen LogP contribution in [-0.2, 0) is 15.1 Å². The zero-order chi connectivity index (χ0) is 11.6. The average molecular weight is 253 g/mol. The van der Waals surface area contributed by atoms with Crippen molar-refractivity contribution in [3.63, 3.8) is 0 Å². The number of hydrogen-bond donors (Lipinski definition) is 1. The predicted octanol–water partition coefficient (Wildman–Crippen LogP) is -2.79. The molecule has 6 nitrogen and oxygen atoms in total. The molecule has 0 unspecified atom stereocenters. The fourth-order valence-corrected chi connectivity index (χ4v) is 1.75. The number of hydrogen-bond acceptors (Lipinski definition) is 5. The first-order chi connectivity index (χ1) is 6.82. The molecule has 1 N–H and O–H groups in total. The van der Waals surface area contributed by atoms with Gasteiger partial charge in [0.05, 0.1) is 5.69 Å². The van der Waals surface area contributed by atoms with Gasteiger partial charge >= 0.3 is 29.6 Å². The van der Waals surface area contributed by atoms with E-state index >= 15 is 0 Å². The molecule has 8 heteroatoms. The van der Waals surface area contributed by atoms with Gasteiger partial charge in [-0.25, -0.2) is 12.7 Å². The Morgan fingerprint density at radius 2 is 1.75 bits per heavy atom. The van der Waals surface area contributed by atoms with Crippen molar-refractivity contribution in [2.24, 2.45) is 0 Å². The number of carbonyl (C=O) groups is 1. The van der Waals surface area contributed by atoms with E-state index in [1.807, 2.05) is 0 Å². The Balaban J connectivity index is 0.00000225. The number of aromatic hydroxyl groups is 1. The maximum Gasteiger partial charge on any atom is 1.00 e. The SMILES string of the molecule is CC(=O)N(c1ccc(O)cc1)S(=O)(=O)[O-].[Na+]. The van der Waals surface area contributed by atoms with E-state index in [-0.39, 0.29) is 45.3 Å². The average Bonchev–Trinajstić information content (AvgIpc) is 2.05. The second kappa shape index (κ2) is 5.65. The van der Waals surface area contributed by atoms with E-state index in [0.717, 1.165) is 19.1 Å². The normalized spacial score (nSPS) is 10.4. The largest absolute Gasteiger partial charge is 1.00 e. The van der Waals surface area contributed by atoms with Gasteiger partial charge < -0.3 is 9.66 Å². The molecule has 0 fully saturated rings. The third-order valence-corrected chi connectivity index (χ3v) is 2.51. The summed E-state index contributed by atoms with van der Waals surface area (Å²) in [5.74, 6) is -0.999. The molecule has 0 atom stereocenters. The van der Waals surface area contributed by atoms with Crippen molar-refractivity contribution >= 4 is 21.9 Å². The number of phenolic OH excluding ortho intramolecular Hbond substituents is 1. The van der Waals surface area contributed by atoms with Crippen molar-refractivity contribution in [1.82, 2.24) is 0 Å². The molecule has 1 aromatic carbocycles. The van der Waals surface area contributed by atoms with E-state index in [0.29, 0.717) is 0 Å². The van der Waals surface area contributed by atoms with Crippen LogP contribution in [0.4, 0.5) is 5.69 Å². The van der Waals surface area contributed by atoms with E-state index in [2.05, 4.69) is 0 Å². The molecule has 82 valence electrons. The van der Waals surface area contributed by atoms with Crippen LogP contribution in [0.25, 0.3) is 0 Å². The summed E-state index contributed by atoms with van der Waals surface area (Å²) in [4.78, 5) is 11.0. The standard InChI is InChI=1S/C8H9NO5S.Na/c1-6(10)9(15(12,13)14)7-2-4-8(11)5-3-7;/h2-5,11H,1H3,(H,12,13,14);/q;+1/p-1. The van der Waals surface area contributed by atoms with Gasteiger partial charge in [-0.1, -0.05) is 0 Å². The Hall–Kier alpha value is -0.600. The molecule has 0 bridgehead atoms. The first-order valence-corrected chi connectivity index (χ1v) is 5.24. The molecule has 0 aliphatic heterocycles. The van der Waals surface area contributed by atoms with Crippen molar-refractivity contribution in [1.29, 1.82) is 0 Å². The summed E-state index contributed by atoms with van der Waals surface area (Å²) >= 11 is 0. The van der Waals surface area contributed by atoms with Crippen LogP contribution in [-0.4, -0.2) is 24.0 Å². The minimum atomic E-state index is -4.88. The summed E-state index contributed by atoms with van der Waals surface area (Å²) in [5, 5.41) is 8.95. The van der Waals surface area contributed by atoms with Gasteiger partial charge in [0.25, 0.3) is 0 Å². The summed E-state index contributed by atoms with van der Waals surface area (Å²) in [6.45, 7) is 0.961. The number of rotatable bonds is 2. The number of nitrogens with zero attached hydrogens (tertiary/aromatic N) is 1. The molecule has 16 heavy (non-hydrogen) atoms.